The summed E-state index contributed by atoms with van der Waals surface area (Å²) in [6.45, 7) is 0.743. The SMILES string of the molecule is O=C(c1ccc(F)cc1)N1CCCC1c1cccc(Br)c1. The Bertz CT molecular complexity index is 656. The second-order valence-electron chi connectivity index (χ2n) is 5.22. The average molecular weight is 348 g/mol. The minimum absolute atomic E-state index is 0.0301. The Morgan fingerprint density at radius 2 is 1.95 bits per heavy atom. The molecule has 1 saturated heterocycles. The van der Waals surface area contributed by atoms with Crippen LogP contribution in [0.15, 0.2) is 53.0 Å². The molecule has 0 aliphatic carbocycles. The number of nitrogens with zero attached hydrogens (tertiary/aromatic N) is 1. The number of halogens is 2. The normalized spacial score (nSPS) is 18.0. The van der Waals surface area contributed by atoms with E-state index >= 15 is 0 Å². The van der Waals surface area contributed by atoms with E-state index in [1.165, 1.54) is 12.1 Å². The molecular formula is C17H15BrFNO. The van der Waals surface area contributed by atoms with Gasteiger partial charge in [0, 0.05) is 16.6 Å². The predicted octanol–water partition coefficient (Wildman–Crippen LogP) is 4.57. The zero-order valence-corrected chi connectivity index (χ0v) is 13.0. The molecule has 0 bridgehead atoms. The molecular weight excluding hydrogens is 333 g/mol. The fourth-order valence-corrected chi connectivity index (χ4v) is 3.25. The topological polar surface area (TPSA) is 20.3 Å². The molecule has 1 amide bonds. The second-order valence-corrected chi connectivity index (χ2v) is 6.13. The van der Waals surface area contributed by atoms with Crippen molar-refractivity contribution in [1.29, 1.82) is 0 Å². The second kappa shape index (κ2) is 5.98. The molecule has 0 aromatic heterocycles. The Balaban J connectivity index is 1.87. The fourth-order valence-electron chi connectivity index (χ4n) is 2.83. The first-order valence-corrected chi connectivity index (χ1v) is 7.76. The highest BCUT2D eigenvalue weighted by atomic mass is 79.9. The van der Waals surface area contributed by atoms with E-state index in [2.05, 4.69) is 22.0 Å². The monoisotopic (exact) mass is 347 g/mol. The van der Waals surface area contributed by atoms with E-state index in [0.717, 1.165) is 29.4 Å². The Labute approximate surface area is 131 Å². The standard InChI is InChI=1S/C17H15BrFNO/c18-14-4-1-3-13(11-14)16-5-2-10-20(16)17(21)12-6-8-15(19)9-7-12/h1,3-4,6-9,11,16H,2,5,10H2. The van der Waals surface area contributed by atoms with Gasteiger partial charge in [0.2, 0.25) is 0 Å². The summed E-state index contributed by atoms with van der Waals surface area (Å²) < 4.78 is 14.0. The molecule has 21 heavy (non-hydrogen) atoms. The van der Waals surface area contributed by atoms with Crippen LogP contribution in [0.2, 0.25) is 0 Å². The van der Waals surface area contributed by atoms with Gasteiger partial charge in [-0.25, -0.2) is 4.39 Å². The number of amides is 1. The predicted molar refractivity (Wildman–Crippen MR) is 83.6 cm³/mol. The number of likely N-dealkylation sites (tertiary alicyclic amines) is 1. The molecule has 1 aliphatic rings. The maximum Gasteiger partial charge on any atom is 0.254 e. The van der Waals surface area contributed by atoms with E-state index in [1.807, 2.05) is 23.1 Å². The van der Waals surface area contributed by atoms with Gasteiger partial charge >= 0.3 is 0 Å². The summed E-state index contributed by atoms with van der Waals surface area (Å²) in [5, 5.41) is 0. The molecule has 1 fully saturated rings. The third-order valence-electron chi connectivity index (χ3n) is 3.84. The van der Waals surface area contributed by atoms with Gasteiger partial charge in [0.05, 0.1) is 6.04 Å². The van der Waals surface area contributed by atoms with Crippen LogP contribution >= 0.6 is 15.9 Å². The quantitative estimate of drug-likeness (QED) is 0.779. The lowest BCUT2D eigenvalue weighted by Crippen LogP contribution is -2.30. The summed E-state index contributed by atoms with van der Waals surface area (Å²) >= 11 is 3.47. The summed E-state index contributed by atoms with van der Waals surface area (Å²) in [6, 6.07) is 13.9. The largest absolute Gasteiger partial charge is 0.332 e. The Kier molecular flexibility index (Phi) is 4.06. The highest BCUT2D eigenvalue weighted by molar-refractivity contribution is 9.10. The van der Waals surface area contributed by atoms with Gasteiger partial charge in [0.25, 0.3) is 5.91 Å². The van der Waals surface area contributed by atoms with Gasteiger partial charge in [-0.1, -0.05) is 28.1 Å². The van der Waals surface area contributed by atoms with Gasteiger partial charge in [-0.05, 0) is 54.8 Å². The number of carbonyl (C=O) groups is 1. The molecule has 1 heterocycles. The number of benzene rings is 2. The van der Waals surface area contributed by atoms with Crippen molar-refractivity contribution < 1.29 is 9.18 Å². The van der Waals surface area contributed by atoms with Gasteiger partial charge in [-0.2, -0.15) is 0 Å². The van der Waals surface area contributed by atoms with Crippen LogP contribution < -0.4 is 0 Å². The molecule has 4 heteroatoms. The maximum atomic E-state index is 13.0. The van der Waals surface area contributed by atoms with Crippen molar-refractivity contribution in [2.45, 2.75) is 18.9 Å². The van der Waals surface area contributed by atoms with Crippen molar-refractivity contribution in [2.24, 2.45) is 0 Å². The maximum absolute atomic E-state index is 13.0. The lowest BCUT2D eigenvalue weighted by atomic mass is 10.0. The minimum Gasteiger partial charge on any atom is -0.332 e. The molecule has 2 aromatic carbocycles. The van der Waals surface area contributed by atoms with Crippen molar-refractivity contribution in [1.82, 2.24) is 4.90 Å². The van der Waals surface area contributed by atoms with E-state index in [0.29, 0.717) is 5.56 Å². The molecule has 108 valence electrons. The van der Waals surface area contributed by atoms with Crippen LogP contribution in [-0.4, -0.2) is 17.4 Å². The van der Waals surface area contributed by atoms with Crippen molar-refractivity contribution >= 4 is 21.8 Å². The molecule has 0 N–H and O–H groups in total. The molecule has 2 nitrogen and oxygen atoms in total. The summed E-state index contributed by atoms with van der Waals surface area (Å²) in [5.41, 5.74) is 1.68. The van der Waals surface area contributed by atoms with Crippen LogP contribution in [0.4, 0.5) is 4.39 Å². The molecule has 1 atom stereocenters. The van der Waals surface area contributed by atoms with E-state index in [-0.39, 0.29) is 17.8 Å². The first-order chi connectivity index (χ1) is 10.1. The van der Waals surface area contributed by atoms with E-state index in [4.69, 9.17) is 0 Å². The van der Waals surface area contributed by atoms with E-state index < -0.39 is 0 Å². The minimum atomic E-state index is -0.323. The lowest BCUT2D eigenvalue weighted by molar-refractivity contribution is 0.0735. The van der Waals surface area contributed by atoms with Crippen molar-refractivity contribution in [2.75, 3.05) is 6.54 Å². The van der Waals surface area contributed by atoms with Crippen LogP contribution in [0.1, 0.15) is 34.8 Å². The summed E-state index contributed by atoms with van der Waals surface area (Å²) in [7, 11) is 0. The van der Waals surface area contributed by atoms with Crippen LogP contribution in [0, 0.1) is 5.82 Å². The summed E-state index contributed by atoms with van der Waals surface area (Å²) in [6.07, 6.45) is 1.95. The van der Waals surface area contributed by atoms with Crippen molar-refractivity contribution in [3.8, 4) is 0 Å². The fraction of sp³-hybridized carbons (Fsp3) is 0.235. The lowest BCUT2D eigenvalue weighted by Gasteiger charge is -2.25. The smallest absolute Gasteiger partial charge is 0.254 e. The Hall–Kier alpha value is -1.68. The summed E-state index contributed by atoms with van der Waals surface area (Å²) in [4.78, 5) is 14.5. The molecule has 2 aromatic rings. The van der Waals surface area contributed by atoms with Crippen molar-refractivity contribution in [3.63, 3.8) is 0 Å². The average Bonchev–Trinajstić information content (AvgIpc) is 2.97. The van der Waals surface area contributed by atoms with Gasteiger partial charge in [-0.3, -0.25) is 4.79 Å². The van der Waals surface area contributed by atoms with Crippen LogP contribution in [0.3, 0.4) is 0 Å². The Morgan fingerprint density at radius 1 is 1.19 bits per heavy atom. The molecule has 1 unspecified atom stereocenters. The van der Waals surface area contributed by atoms with Crippen LogP contribution in [0.25, 0.3) is 0 Å². The number of hydrogen-bond acceptors (Lipinski definition) is 1. The van der Waals surface area contributed by atoms with Crippen LogP contribution in [-0.2, 0) is 0 Å². The molecule has 0 spiro atoms. The van der Waals surface area contributed by atoms with Gasteiger partial charge in [0.1, 0.15) is 5.82 Å². The number of carbonyl (C=O) groups excluding carboxylic acids is 1. The molecule has 0 saturated carbocycles. The third kappa shape index (κ3) is 3.00. The highest BCUT2D eigenvalue weighted by Gasteiger charge is 2.30. The van der Waals surface area contributed by atoms with E-state index in [9.17, 15) is 9.18 Å². The first-order valence-electron chi connectivity index (χ1n) is 6.97. The van der Waals surface area contributed by atoms with Gasteiger partial charge in [0.15, 0.2) is 0 Å². The zero-order valence-electron chi connectivity index (χ0n) is 11.4. The number of hydrogen-bond donors (Lipinski definition) is 0. The third-order valence-corrected chi connectivity index (χ3v) is 4.33. The molecule has 0 radical (unpaired) electrons. The Morgan fingerprint density at radius 3 is 2.67 bits per heavy atom. The number of rotatable bonds is 2. The van der Waals surface area contributed by atoms with Gasteiger partial charge in [-0.15, -0.1) is 0 Å². The van der Waals surface area contributed by atoms with Gasteiger partial charge < -0.3 is 4.90 Å². The molecule has 3 rings (SSSR count). The van der Waals surface area contributed by atoms with Crippen LogP contribution in [0.5, 0.6) is 0 Å². The van der Waals surface area contributed by atoms with E-state index in [1.54, 1.807) is 12.1 Å². The first kappa shape index (κ1) is 14.3. The highest BCUT2D eigenvalue weighted by Crippen LogP contribution is 2.34. The molecule has 1 aliphatic heterocycles. The zero-order chi connectivity index (χ0) is 14.8. The summed E-state index contributed by atoms with van der Waals surface area (Å²) in [5.74, 6) is -0.353. The van der Waals surface area contributed by atoms with Crippen molar-refractivity contribution in [3.05, 3.63) is 69.9 Å².